The third-order valence-electron chi connectivity index (χ3n) is 3.18. The maximum absolute atomic E-state index is 12.0. The normalized spacial score (nSPS) is 14.0. The van der Waals surface area contributed by atoms with Gasteiger partial charge in [0.1, 0.15) is 0 Å². The van der Waals surface area contributed by atoms with Gasteiger partial charge in [-0.15, -0.1) is 18.0 Å². The van der Waals surface area contributed by atoms with Gasteiger partial charge in [0.15, 0.2) is 5.78 Å². The highest BCUT2D eigenvalue weighted by molar-refractivity contribution is 6.33. The van der Waals surface area contributed by atoms with Crippen molar-refractivity contribution in [2.75, 3.05) is 0 Å². The average molecular weight is 266 g/mol. The first-order valence-corrected chi connectivity index (χ1v) is 6.70. The molecule has 2 atom stereocenters. The smallest absolute Gasteiger partial charge is 0.182 e. The Kier molecular flexibility index (Phi) is 5.04. The number of terminal acetylenes is 1. The number of ketones is 1. The van der Waals surface area contributed by atoms with Crippen LogP contribution in [0.15, 0.2) is 6.07 Å². The molecule has 1 rings (SSSR count). The van der Waals surface area contributed by atoms with Crippen LogP contribution in [0.4, 0.5) is 0 Å². The summed E-state index contributed by atoms with van der Waals surface area (Å²) in [6.45, 7) is 7.70. The Labute approximate surface area is 114 Å². The van der Waals surface area contributed by atoms with Crippen molar-refractivity contribution in [2.45, 2.75) is 52.0 Å². The number of carbonyl (C=O) groups excluding carboxylic acids is 1. The second kappa shape index (κ2) is 6.11. The van der Waals surface area contributed by atoms with E-state index < -0.39 is 5.38 Å². The Bertz CT molecular complexity index is 479. The third-order valence-corrected chi connectivity index (χ3v) is 3.38. The molecular formula is C15H20ClNO. The van der Waals surface area contributed by atoms with E-state index in [0.29, 0.717) is 5.56 Å². The maximum atomic E-state index is 12.0. The lowest BCUT2D eigenvalue weighted by molar-refractivity contribution is 0.0991. The molecule has 0 bridgehead atoms. The van der Waals surface area contributed by atoms with Gasteiger partial charge in [-0.3, -0.25) is 4.79 Å². The minimum absolute atomic E-state index is 0.0159. The van der Waals surface area contributed by atoms with Gasteiger partial charge < -0.3 is 4.57 Å². The van der Waals surface area contributed by atoms with Gasteiger partial charge in [-0.2, -0.15) is 0 Å². The molecule has 0 spiro atoms. The largest absolute Gasteiger partial charge is 0.334 e. The van der Waals surface area contributed by atoms with Crippen molar-refractivity contribution in [1.82, 2.24) is 4.57 Å². The second-order valence-electron chi connectivity index (χ2n) is 4.61. The fourth-order valence-corrected chi connectivity index (χ4v) is 2.40. The minimum atomic E-state index is -0.505. The van der Waals surface area contributed by atoms with Crippen LogP contribution in [-0.2, 0) is 0 Å². The monoisotopic (exact) mass is 265 g/mol. The zero-order valence-corrected chi connectivity index (χ0v) is 12.2. The van der Waals surface area contributed by atoms with E-state index >= 15 is 0 Å². The third kappa shape index (κ3) is 2.79. The molecule has 18 heavy (non-hydrogen) atoms. The zero-order valence-electron chi connectivity index (χ0n) is 11.5. The molecule has 3 heteroatoms. The van der Waals surface area contributed by atoms with Crippen molar-refractivity contribution in [3.05, 3.63) is 23.0 Å². The van der Waals surface area contributed by atoms with E-state index in [4.69, 9.17) is 18.0 Å². The molecule has 0 N–H and O–H groups in total. The summed E-state index contributed by atoms with van der Waals surface area (Å²) in [7, 11) is 0. The van der Waals surface area contributed by atoms with E-state index in [0.717, 1.165) is 24.2 Å². The first-order valence-electron chi connectivity index (χ1n) is 6.26. The number of Topliss-reactive ketones (excluding diaryl/α,β-unsaturated/α-hetero) is 1. The highest BCUT2D eigenvalue weighted by Gasteiger charge is 2.21. The van der Waals surface area contributed by atoms with Crippen LogP contribution in [0.25, 0.3) is 0 Å². The van der Waals surface area contributed by atoms with Crippen LogP contribution in [0.1, 0.15) is 54.5 Å². The van der Waals surface area contributed by atoms with Gasteiger partial charge >= 0.3 is 0 Å². The first kappa shape index (κ1) is 14.9. The van der Waals surface area contributed by atoms with E-state index in [1.807, 2.05) is 19.9 Å². The van der Waals surface area contributed by atoms with Crippen LogP contribution < -0.4 is 0 Å². The van der Waals surface area contributed by atoms with Crippen LogP contribution in [-0.4, -0.2) is 15.7 Å². The highest BCUT2D eigenvalue weighted by Crippen LogP contribution is 2.24. The number of rotatable bonds is 5. The standard InChI is InChI=1S/C15H20ClNO/c1-6-8-13(7-2)17-10(3)9-14(12(17)5)15(18)11(4)16/h2,9,11,13H,6,8H2,1,3-5H3. The summed E-state index contributed by atoms with van der Waals surface area (Å²) in [5.41, 5.74) is 2.62. The van der Waals surface area contributed by atoms with Crippen molar-refractivity contribution in [3.8, 4) is 12.3 Å². The van der Waals surface area contributed by atoms with Gasteiger partial charge in [-0.1, -0.05) is 19.3 Å². The number of hydrogen-bond donors (Lipinski definition) is 0. The van der Waals surface area contributed by atoms with E-state index in [-0.39, 0.29) is 11.8 Å². The Balaban J connectivity index is 3.24. The van der Waals surface area contributed by atoms with Gasteiger partial charge in [-0.05, 0) is 33.3 Å². The zero-order chi connectivity index (χ0) is 13.9. The predicted molar refractivity (Wildman–Crippen MR) is 76.3 cm³/mol. The highest BCUT2D eigenvalue weighted by atomic mass is 35.5. The molecule has 0 fully saturated rings. The topological polar surface area (TPSA) is 22.0 Å². The summed E-state index contributed by atoms with van der Waals surface area (Å²) >= 11 is 5.87. The van der Waals surface area contributed by atoms with E-state index in [9.17, 15) is 4.79 Å². The summed E-state index contributed by atoms with van der Waals surface area (Å²) in [5.74, 6) is 2.76. The molecule has 1 aromatic rings. The summed E-state index contributed by atoms with van der Waals surface area (Å²) in [6, 6.07) is 1.90. The lowest BCUT2D eigenvalue weighted by atomic mass is 10.1. The van der Waals surface area contributed by atoms with Crippen molar-refractivity contribution >= 4 is 17.4 Å². The number of halogens is 1. The van der Waals surface area contributed by atoms with Crippen molar-refractivity contribution in [3.63, 3.8) is 0 Å². The molecule has 98 valence electrons. The van der Waals surface area contributed by atoms with Gasteiger partial charge in [0, 0.05) is 17.0 Å². The van der Waals surface area contributed by atoms with Crippen molar-refractivity contribution < 1.29 is 4.79 Å². The van der Waals surface area contributed by atoms with E-state index in [1.54, 1.807) is 6.92 Å². The van der Waals surface area contributed by atoms with Crippen LogP contribution >= 0.6 is 11.6 Å². The van der Waals surface area contributed by atoms with Crippen LogP contribution in [0.3, 0.4) is 0 Å². The summed E-state index contributed by atoms with van der Waals surface area (Å²) < 4.78 is 2.07. The minimum Gasteiger partial charge on any atom is -0.334 e. The number of nitrogens with zero attached hydrogens (tertiary/aromatic N) is 1. The fourth-order valence-electron chi connectivity index (χ4n) is 2.28. The Morgan fingerprint density at radius 2 is 2.17 bits per heavy atom. The van der Waals surface area contributed by atoms with Gasteiger partial charge in [0.2, 0.25) is 0 Å². The number of aryl methyl sites for hydroxylation is 1. The number of alkyl halides is 1. The lowest BCUT2D eigenvalue weighted by Crippen LogP contribution is -2.14. The Morgan fingerprint density at radius 3 is 2.61 bits per heavy atom. The lowest BCUT2D eigenvalue weighted by Gasteiger charge is -2.17. The Hall–Kier alpha value is -1.20. The molecule has 0 aromatic carbocycles. The quantitative estimate of drug-likeness (QED) is 0.450. The molecule has 1 aromatic heterocycles. The maximum Gasteiger partial charge on any atom is 0.182 e. The SMILES string of the molecule is C#CC(CCC)n1c(C)cc(C(=O)C(C)Cl)c1C. The van der Waals surface area contributed by atoms with Crippen LogP contribution in [0.2, 0.25) is 0 Å². The van der Waals surface area contributed by atoms with Crippen LogP contribution in [0.5, 0.6) is 0 Å². The van der Waals surface area contributed by atoms with Crippen molar-refractivity contribution in [1.29, 1.82) is 0 Å². The second-order valence-corrected chi connectivity index (χ2v) is 5.26. The molecule has 0 aliphatic carbocycles. The molecule has 2 unspecified atom stereocenters. The van der Waals surface area contributed by atoms with Gasteiger partial charge in [-0.25, -0.2) is 0 Å². The number of carbonyl (C=O) groups is 1. The number of hydrogen-bond acceptors (Lipinski definition) is 1. The van der Waals surface area contributed by atoms with E-state index in [1.165, 1.54) is 0 Å². The average Bonchev–Trinajstić information content (AvgIpc) is 2.61. The summed E-state index contributed by atoms with van der Waals surface area (Å²) in [4.78, 5) is 12.0. The summed E-state index contributed by atoms with van der Waals surface area (Å²) in [6.07, 6.45) is 7.52. The summed E-state index contributed by atoms with van der Waals surface area (Å²) in [5, 5.41) is -0.505. The molecule has 0 amide bonds. The van der Waals surface area contributed by atoms with E-state index in [2.05, 4.69) is 17.4 Å². The number of aromatic nitrogens is 1. The molecule has 0 saturated carbocycles. The van der Waals surface area contributed by atoms with Gasteiger partial charge in [0.25, 0.3) is 0 Å². The molecule has 1 heterocycles. The molecule has 0 aliphatic heterocycles. The molecule has 0 aliphatic rings. The van der Waals surface area contributed by atoms with Crippen LogP contribution in [0, 0.1) is 26.2 Å². The molecular weight excluding hydrogens is 246 g/mol. The predicted octanol–water partition coefficient (Wildman–Crippen LogP) is 3.89. The van der Waals surface area contributed by atoms with Gasteiger partial charge in [0.05, 0.1) is 11.4 Å². The van der Waals surface area contributed by atoms with Crippen molar-refractivity contribution in [2.24, 2.45) is 0 Å². The Morgan fingerprint density at radius 1 is 1.56 bits per heavy atom. The molecule has 2 nitrogen and oxygen atoms in total. The molecule has 0 saturated heterocycles. The molecule has 0 radical (unpaired) electrons. The fraction of sp³-hybridized carbons (Fsp3) is 0.533. The first-order chi connectivity index (χ1) is 8.43.